The van der Waals surface area contributed by atoms with Gasteiger partial charge in [-0.05, 0) is 17.7 Å². The molecular formula is C15H13F3N2O. The first-order valence-electron chi connectivity index (χ1n) is 6.22. The van der Waals surface area contributed by atoms with Crippen molar-refractivity contribution in [2.45, 2.75) is 6.04 Å². The highest BCUT2D eigenvalue weighted by Gasteiger charge is 2.15. The van der Waals surface area contributed by atoms with Gasteiger partial charge in [0.05, 0.1) is 0 Å². The molecule has 0 aromatic heterocycles. The van der Waals surface area contributed by atoms with Crippen LogP contribution in [-0.2, 0) is 0 Å². The number of nitrogens with two attached hydrogens (primary N) is 1. The van der Waals surface area contributed by atoms with Gasteiger partial charge in [0.2, 0.25) is 0 Å². The maximum absolute atomic E-state index is 13.0. The highest BCUT2D eigenvalue weighted by atomic mass is 19.2. The van der Waals surface area contributed by atoms with Crippen LogP contribution in [0.15, 0.2) is 42.5 Å². The minimum absolute atomic E-state index is 0.0868. The summed E-state index contributed by atoms with van der Waals surface area (Å²) >= 11 is 0. The Hall–Kier alpha value is -2.34. The fourth-order valence-corrected chi connectivity index (χ4v) is 1.81. The number of rotatable bonds is 4. The SMILES string of the molecule is NC(CNC(=O)c1cc(F)c(F)c(F)c1)c1ccccc1. The number of halogens is 3. The van der Waals surface area contributed by atoms with E-state index < -0.39 is 29.4 Å². The molecule has 0 aliphatic rings. The molecule has 1 amide bonds. The van der Waals surface area contributed by atoms with Crippen LogP contribution in [0.25, 0.3) is 0 Å². The van der Waals surface area contributed by atoms with Crippen LogP contribution in [0.1, 0.15) is 22.0 Å². The number of amides is 1. The van der Waals surface area contributed by atoms with E-state index in [-0.39, 0.29) is 12.1 Å². The molecule has 0 fully saturated rings. The van der Waals surface area contributed by atoms with Crippen molar-refractivity contribution in [3.63, 3.8) is 0 Å². The van der Waals surface area contributed by atoms with Gasteiger partial charge in [0.1, 0.15) is 0 Å². The average Bonchev–Trinajstić information content (AvgIpc) is 2.50. The molecule has 0 aliphatic heterocycles. The molecular weight excluding hydrogens is 281 g/mol. The predicted octanol–water partition coefficient (Wildman–Crippen LogP) is 2.53. The second kappa shape index (κ2) is 6.41. The summed E-state index contributed by atoms with van der Waals surface area (Å²) < 4.78 is 38.9. The van der Waals surface area contributed by atoms with Gasteiger partial charge in [0, 0.05) is 18.2 Å². The summed E-state index contributed by atoms with van der Waals surface area (Å²) in [7, 11) is 0. The predicted molar refractivity (Wildman–Crippen MR) is 72.0 cm³/mol. The maximum Gasteiger partial charge on any atom is 0.251 e. The van der Waals surface area contributed by atoms with Crippen LogP contribution >= 0.6 is 0 Å². The number of carbonyl (C=O) groups excluding carboxylic acids is 1. The summed E-state index contributed by atoms with van der Waals surface area (Å²) in [6.07, 6.45) is 0. The Morgan fingerprint density at radius 2 is 1.67 bits per heavy atom. The second-order valence-corrected chi connectivity index (χ2v) is 4.48. The zero-order valence-electron chi connectivity index (χ0n) is 10.9. The molecule has 1 unspecified atom stereocenters. The lowest BCUT2D eigenvalue weighted by atomic mass is 10.1. The zero-order valence-corrected chi connectivity index (χ0v) is 10.9. The number of hydrogen-bond donors (Lipinski definition) is 2. The highest BCUT2D eigenvalue weighted by molar-refractivity contribution is 5.94. The molecule has 3 N–H and O–H groups in total. The second-order valence-electron chi connectivity index (χ2n) is 4.48. The molecule has 1 atom stereocenters. The van der Waals surface area contributed by atoms with Crippen molar-refractivity contribution in [3.05, 3.63) is 71.0 Å². The highest BCUT2D eigenvalue weighted by Crippen LogP contribution is 2.14. The Balaban J connectivity index is 2.02. The first-order valence-corrected chi connectivity index (χ1v) is 6.22. The van der Waals surface area contributed by atoms with Gasteiger partial charge in [-0.3, -0.25) is 4.79 Å². The molecule has 2 rings (SSSR count). The number of carbonyl (C=O) groups is 1. The van der Waals surface area contributed by atoms with E-state index in [0.717, 1.165) is 5.56 Å². The minimum atomic E-state index is -1.60. The molecule has 3 nitrogen and oxygen atoms in total. The van der Waals surface area contributed by atoms with Gasteiger partial charge in [-0.15, -0.1) is 0 Å². The molecule has 0 saturated heterocycles. The molecule has 0 bridgehead atoms. The summed E-state index contributed by atoms with van der Waals surface area (Å²) in [6, 6.07) is 9.87. The van der Waals surface area contributed by atoms with Crippen molar-refractivity contribution < 1.29 is 18.0 Å². The Morgan fingerprint density at radius 3 is 2.24 bits per heavy atom. The van der Waals surface area contributed by atoms with E-state index in [1.165, 1.54) is 0 Å². The monoisotopic (exact) mass is 294 g/mol. The number of hydrogen-bond acceptors (Lipinski definition) is 2. The first kappa shape index (κ1) is 15.1. The maximum atomic E-state index is 13.0. The topological polar surface area (TPSA) is 55.1 Å². The van der Waals surface area contributed by atoms with Crippen molar-refractivity contribution >= 4 is 5.91 Å². The van der Waals surface area contributed by atoms with Crippen LogP contribution in [0, 0.1) is 17.5 Å². The largest absolute Gasteiger partial charge is 0.350 e. The van der Waals surface area contributed by atoms with E-state index in [9.17, 15) is 18.0 Å². The van der Waals surface area contributed by atoms with Gasteiger partial charge in [0.15, 0.2) is 17.5 Å². The Labute approximate surface area is 119 Å². The molecule has 0 heterocycles. The fourth-order valence-electron chi connectivity index (χ4n) is 1.81. The van der Waals surface area contributed by atoms with Crippen LogP contribution in [0.5, 0.6) is 0 Å². The lowest BCUT2D eigenvalue weighted by molar-refractivity contribution is 0.0950. The summed E-state index contributed by atoms with van der Waals surface area (Å²) in [4.78, 5) is 11.8. The van der Waals surface area contributed by atoms with Crippen LogP contribution in [-0.4, -0.2) is 12.5 Å². The molecule has 2 aromatic carbocycles. The third kappa shape index (κ3) is 3.61. The molecule has 21 heavy (non-hydrogen) atoms. The van der Waals surface area contributed by atoms with Gasteiger partial charge < -0.3 is 11.1 Å². The van der Waals surface area contributed by atoms with Crippen LogP contribution < -0.4 is 11.1 Å². The molecule has 0 saturated carbocycles. The molecule has 0 spiro atoms. The third-order valence-corrected chi connectivity index (χ3v) is 2.96. The molecule has 2 aromatic rings. The minimum Gasteiger partial charge on any atom is -0.350 e. The van der Waals surface area contributed by atoms with Crippen molar-refractivity contribution in [2.24, 2.45) is 5.73 Å². The van der Waals surface area contributed by atoms with Crippen molar-refractivity contribution in [1.29, 1.82) is 0 Å². The van der Waals surface area contributed by atoms with E-state index in [4.69, 9.17) is 5.73 Å². The van der Waals surface area contributed by atoms with Crippen LogP contribution in [0.2, 0.25) is 0 Å². The number of nitrogens with one attached hydrogen (secondary N) is 1. The van der Waals surface area contributed by atoms with Crippen LogP contribution in [0.4, 0.5) is 13.2 Å². The molecule has 0 radical (unpaired) electrons. The van der Waals surface area contributed by atoms with Crippen molar-refractivity contribution in [1.82, 2.24) is 5.32 Å². The lowest BCUT2D eigenvalue weighted by Crippen LogP contribution is -2.32. The quantitative estimate of drug-likeness (QED) is 0.851. The Bertz CT molecular complexity index is 624. The fraction of sp³-hybridized carbons (Fsp3) is 0.133. The Kier molecular flexibility index (Phi) is 4.59. The first-order chi connectivity index (χ1) is 9.99. The lowest BCUT2D eigenvalue weighted by Gasteiger charge is -2.13. The van der Waals surface area contributed by atoms with Gasteiger partial charge in [-0.25, -0.2) is 13.2 Å². The van der Waals surface area contributed by atoms with E-state index in [1.54, 1.807) is 12.1 Å². The molecule has 0 aliphatic carbocycles. The third-order valence-electron chi connectivity index (χ3n) is 2.96. The van der Waals surface area contributed by atoms with E-state index in [1.807, 2.05) is 18.2 Å². The average molecular weight is 294 g/mol. The Morgan fingerprint density at radius 1 is 1.10 bits per heavy atom. The molecule has 110 valence electrons. The summed E-state index contributed by atoms with van der Waals surface area (Å²) in [5.74, 6) is -5.15. The number of benzene rings is 2. The van der Waals surface area contributed by atoms with Crippen molar-refractivity contribution in [2.75, 3.05) is 6.54 Å². The molecule has 6 heteroatoms. The van der Waals surface area contributed by atoms with Crippen molar-refractivity contribution in [3.8, 4) is 0 Å². The van der Waals surface area contributed by atoms with E-state index >= 15 is 0 Å². The smallest absolute Gasteiger partial charge is 0.251 e. The summed E-state index contributed by atoms with van der Waals surface area (Å²) in [6.45, 7) is 0.0868. The van der Waals surface area contributed by atoms with Crippen LogP contribution in [0.3, 0.4) is 0 Å². The normalized spacial score (nSPS) is 12.0. The summed E-state index contributed by atoms with van der Waals surface area (Å²) in [5.41, 5.74) is 6.40. The summed E-state index contributed by atoms with van der Waals surface area (Å²) in [5, 5.41) is 2.45. The standard InChI is InChI=1S/C15H13F3N2O/c16-11-6-10(7-12(17)14(11)18)15(21)20-8-13(19)9-4-2-1-3-5-9/h1-7,13H,8,19H2,(H,20,21). The van der Waals surface area contributed by atoms with Gasteiger partial charge in [-0.2, -0.15) is 0 Å². The van der Waals surface area contributed by atoms with Gasteiger partial charge in [0.25, 0.3) is 5.91 Å². The zero-order chi connectivity index (χ0) is 15.4. The van der Waals surface area contributed by atoms with Gasteiger partial charge in [-0.1, -0.05) is 30.3 Å². The van der Waals surface area contributed by atoms with E-state index in [0.29, 0.717) is 12.1 Å². The van der Waals surface area contributed by atoms with E-state index in [2.05, 4.69) is 5.32 Å². The van der Waals surface area contributed by atoms with Gasteiger partial charge >= 0.3 is 0 Å².